The molecule has 44 heavy (non-hydrogen) atoms. The highest BCUT2D eigenvalue weighted by molar-refractivity contribution is 6.31. The SMILES string of the molecule is CC1C(=O)Nc2cnn(C(F)F)c2-c2cccc(c2)C(n2cnc(-c3cc(Cl)ccc3-n3cc(Cl)nn3)cc2=O)CCC1F. The first-order valence-corrected chi connectivity index (χ1v) is 14.2. The summed E-state index contributed by atoms with van der Waals surface area (Å²) in [6, 6.07) is 12.1. The number of amides is 1. The quantitative estimate of drug-likeness (QED) is 0.244. The maximum Gasteiger partial charge on any atom is 0.333 e. The molecule has 226 valence electrons. The first kappa shape index (κ1) is 29.6. The van der Waals surface area contributed by atoms with E-state index in [-0.39, 0.29) is 35.1 Å². The molecule has 1 aliphatic heterocycles. The number of benzene rings is 2. The van der Waals surface area contributed by atoms with Gasteiger partial charge in [-0.3, -0.25) is 14.2 Å². The number of anilines is 1. The van der Waals surface area contributed by atoms with Gasteiger partial charge in [0.2, 0.25) is 5.91 Å². The summed E-state index contributed by atoms with van der Waals surface area (Å²) in [6.45, 7) is -1.58. The van der Waals surface area contributed by atoms with E-state index >= 15 is 4.39 Å². The van der Waals surface area contributed by atoms with Crippen molar-refractivity contribution in [2.45, 2.75) is 38.5 Å². The van der Waals surface area contributed by atoms with E-state index in [9.17, 15) is 18.4 Å². The zero-order chi connectivity index (χ0) is 31.1. The van der Waals surface area contributed by atoms with Crippen molar-refractivity contribution in [3.8, 4) is 28.2 Å². The number of fused-ring (bicyclic) bond motifs is 4. The predicted octanol–water partition coefficient (Wildman–Crippen LogP) is 6.35. The van der Waals surface area contributed by atoms with Gasteiger partial charge in [0.25, 0.3) is 5.56 Å². The summed E-state index contributed by atoms with van der Waals surface area (Å²) in [7, 11) is 0. The van der Waals surface area contributed by atoms with Crippen LogP contribution < -0.4 is 10.9 Å². The van der Waals surface area contributed by atoms with Gasteiger partial charge in [0.1, 0.15) is 6.17 Å². The van der Waals surface area contributed by atoms with Crippen LogP contribution in [-0.2, 0) is 4.79 Å². The zero-order valence-electron chi connectivity index (χ0n) is 22.9. The molecule has 2 aromatic carbocycles. The van der Waals surface area contributed by atoms with E-state index in [1.165, 1.54) is 34.8 Å². The largest absolute Gasteiger partial charge is 0.333 e. The van der Waals surface area contributed by atoms with Crippen molar-refractivity contribution in [2.75, 3.05) is 5.32 Å². The van der Waals surface area contributed by atoms with E-state index in [0.29, 0.717) is 32.1 Å². The van der Waals surface area contributed by atoms with Crippen molar-refractivity contribution in [2.24, 2.45) is 5.92 Å². The van der Waals surface area contributed by atoms with Crippen LogP contribution in [0.5, 0.6) is 0 Å². The number of hydrogen-bond donors (Lipinski definition) is 1. The predicted molar refractivity (Wildman–Crippen MR) is 158 cm³/mol. The number of carbonyl (C=O) groups is 1. The molecular weight excluding hydrogens is 620 g/mol. The Morgan fingerprint density at radius 3 is 2.61 bits per heavy atom. The van der Waals surface area contributed by atoms with Crippen LogP contribution in [0.15, 0.2) is 72.0 Å². The Morgan fingerprint density at radius 2 is 1.89 bits per heavy atom. The summed E-state index contributed by atoms with van der Waals surface area (Å²) in [5, 5.41) is 14.7. The normalized spacial score (nSPS) is 18.8. The van der Waals surface area contributed by atoms with Crippen LogP contribution >= 0.6 is 23.2 Å². The number of carbonyl (C=O) groups excluding carboxylic acids is 1. The van der Waals surface area contributed by atoms with Crippen LogP contribution in [0.3, 0.4) is 0 Å². The molecule has 0 aliphatic carbocycles. The van der Waals surface area contributed by atoms with Crippen molar-refractivity contribution in [3.05, 3.63) is 93.3 Å². The van der Waals surface area contributed by atoms with Crippen LogP contribution in [0.25, 0.3) is 28.2 Å². The Hall–Kier alpha value is -4.49. The lowest BCUT2D eigenvalue weighted by Crippen LogP contribution is -2.30. The maximum atomic E-state index is 15.4. The number of nitrogens with zero attached hydrogens (tertiary/aromatic N) is 7. The third-order valence-corrected chi connectivity index (χ3v) is 7.98. The molecular formula is C29H23Cl2F3N8O2. The molecule has 3 unspecified atom stereocenters. The first-order chi connectivity index (χ1) is 21.1. The van der Waals surface area contributed by atoms with E-state index in [1.807, 2.05) is 0 Å². The van der Waals surface area contributed by atoms with Gasteiger partial charge in [-0.25, -0.2) is 18.7 Å². The van der Waals surface area contributed by atoms with Crippen LogP contribution in [0.1, 0.15) is 37.9 Å². The highest BCUT2D eigenvalue weighted by Gasteiger charge is 2.30. The third-order valence-electron chi connectivity index (χ3n) is 7.57. The van der Waals surface area contributed by atoms with Crippen LogP contribution in [-0.4, -0.2) is 46.4 Å². The van der Waals surface area contributed by atoms with Gasteiger partial charge in [-0.1, -0.05) is 53.5 Å². The summed E-state index contributed by atoms with van der Waals surface area (Å²) in [5.74, 6) is -1.77. The van der Waals surface area contributed by atoms with Crippen LogP contribution in [0.2, 0.25) is 10.2 Å². The summed E-state index contributed by atoms with van der Waals surface area (Å²) >= 11 is 12.2. The number of aromatic nitrogens is 7. The fourth-order valence-corrected chi connectivity index (χ4v) is 5.59. The van der Waals surface area contributed by atoms with Gasteiger partial charge in [-0.2, -0.15) is 13.9 Å². The van der Waals surface area contributed by atoms with E-state index in [1.54, 1.807) is 42.5 Å². The number of halogens is 5. The van der Waals surface area contributed by atoms with Crippen molar-refractivity contribution in [1.82, 2.24) is 34.3 Å². The first-order valence-electron chi connectivity index (χ1n) is 13.5. The van der Waals surface area contributed by atoms with Crippen LogP contribution in [0, 0.1) is 5.92 Å². The molecule has 3 aromatic heterocycles. The van der Waals surface area contributed by atoms with E-state index in [2.05, 4.69) is 25.7 Å². The maximum absolute atomic E-state index is 15.4. The Morgan fingerprint density at radius 1 is 1.07 bits per heavy atom. The molecule has 1 amide bonds. The molecule has 0 spiro atoms. The highest BCUT2D eigenvalue weighted by Crippen LogP contribution is 2.36. The van der Waals surface area contributed by atoms with Gasteiger partial charge in [0.05, 0.1) is 53.4 Å². The van der Waals surface area contributed by atoms with Gasteiger partial charge < -0.3 is 5.32 Å². The summed E-state index contributed by atoms with van der Waals surface area (Å²) in [5.41, 5.74) is 1.71. The van der Waals surface area contributed by atoms with Gasteiger partial charge in [0.15, 0.2) is 5.15 Å². The second kappa shape index (κ2) is 11.9. The minimum Gasteiger partial charge on any atom is -0.323 e. The lowest BCUT2D eigenvalue weighted by atomic mass is 9.93. The Labute approximate surface area is 258 Å². The lowest BCUT2D eigenvalue weighted by molar-refractivity contribution is -0.121. The van der Waals surface area contributed by atoms with Gasteiger partial charge >= 0.3 is 6.55 Å². The van der Waals surface area contributed by atoms with Crippen molar-refractivity contribution in [3.63, 3.8) is 0 Å². The molecule has 1 N–H and O–H groups in total. The minimum absolute atomic E-state index is 0.0257. The molecule has 2 bridgehead atoms. The molecule has 0 saturated carbocycles. The van der Waals surface area contributed by atoms with Crippen molar-refractivity contribution < 1.29 is 18.0 Å². The molecule has 6 rings (SSSR count). The molecule has 3 atom stereocenters. The fourth-order valence-electron chi connectivity index (χ4n) is 5.29. The second-order valence-corrected chi connectivity index (χ2v) is 11.1. The number of alkyl halides is 3. The summed E-state index contributed by atoms with van der Waals surface area (Å²) < 4.78 is 46.5. The van der Waals surface area contributed by atoms with Crippen molar-refractivity contribution in [1.29, 1.82) is 0 Å². The second-order valence-electron chi connectivity index (χ2n) is 10.3. The smallest absolute Gasteiger partial charge is 0.323 e. The summed E-state index contributed by atoms with van der Waals surface area (Å²) in [6.07, 6.45) is 2.42. The van der Waals surface area contributed by atoms with E-state index in [0.717, 1.165) is 6.20 Å². The van der Waals surface area contributed by atoms with Gasteiger partial charge in [0, 0.05) is 22.2 Å². The monoisotopic (exact) mass is 642 g/mol. The highest BCUT2D eigenvalue weighted by atomic mass is 35.5. The number of nitrogens with one attached hydrogen (secondary N) is 1. The Bertz CT molecular complexity index is 1920. The van der Waals surface area contributed by atoms with Crippen molar-refractivity contribution >= 4 is 34.8 Å². The Kier molecular flexibility index (Phi) is 7.99. The van der Waals surface area contributed by atoms with E-state index in [4.69, 9.17) is 23.2 Å². The number of hydrogen-bond acceptors (Lipinski definition) is 6. The average Bonchev–Trinajstić information content (AvgIpc) is 3.63. The zero-order valence-corrected chi connectivity index (χ0v) is 24.4. The minimum atomic E-state index is -3.00. The van der Waals surface area contributed by atoms with E-state index < -0.39 is 36.1 Å². The topological polar surface area (TPSA) is 113 Å². The molecule has 0 radical (unpaired) electrons. The third kappa shape index (κ3) is 5.60. The van der Waals surface area contributed by atoms with Crippen LogP contribution in [0.4, 0.5) is 18.9 Å². The fraction of sp³-hybridized carbons (Fsp3) is 0.241. The Balaban J connectivity index is 1.46. The molecule has 0 saturated heterocycles. The molecule has 0 fully saturated rings. The molecule has 10 nitrogen and oxygen atoms in total. The lowest BCUT2D eigenvalue weighted by Gasteiger charge is -2.24. The molecule has 1 aliphatic rings. The number of rotatable bonds is 4. The average molecular weight is 643 g/mol. The van der Waals surface area contributed by atoms with Gasteiger partial charge in [-0.15, -0.1) is 5.10 Å². The summed E-state index contributed by atoms with van der Waals surface area (Å²) in [4.78, 5) is 31.1. The molecule has 5 aromatic rings. The van der Waals surface area contributed by atoms with Gasteiger partial charge in [-0.05, 0) is 42.7 Å². The standard InChI is InChI=1S/C29H23Cl2F3N8O2/c1-15-20(32)6-8-23(16-3-2-4-17(9-16)27-22(37-28(15)44)12-36-42(27)29(33)34)40-14-35-21(11-26(40)43)19-10-18(30)5-7-24(19)41-13-25(31)38-39-41/h2-5,7,9-15,20,23,29H,6,8H2,1H3,(H,37,44). The molecule has 4 heterocycles. The molecule has 15 heteroatoms.